The van der Waals surface area contributed by atoms with Gasteiger partial charge in [-0.3, -0.25) is 15.0 Å². The first-order valence-electron chi connectivity index (χ1n) is 7.19. The second kappa shape index (κ2) is 8.26. The van der Waals surface area contributed by atoms with E-state index in [0.29, 0.717) is 19.6 Å². The van der Waals surface area contributed by atoms with Gasteiger partial charge in [-0.05, 0) is 17.7 Å². The molecular weight excluding hydrogens is 350 g/mol. The average Bonchev–Trinajstić information content (AvgIpc) is 2.53. The number of urea groups is 1. The summed E-state index contributed by atoms with van der Waals surface area (Å²) in [7, 11) is 1.48. The molecule has 0 aromatic heterocycles. The summed E-state index contributed by atoms with van der Waals surface area (Å²) in [5.74, 6) is -0.273. The molecule has 1 aromatic rings. The fourth-order valence-corrected chi connectivity index (χ4v) is 2.74. The van der Waals surface area contributed by atoms with E-state index in [-0.39, 0.29) is 12.0 Å². The zero-order valence-electron chi connectivity index (χ0n) is 12.5. The van der Waals surface area contributed by atoms with Gasteiger partial charge in [0, 0.05) is 37.6 Å². The van der Waals surface area contributed by atoms with Gasteiger partial charge in [-0.15, -0.1) is 0 Å². The molecule has 1 heterocycles. The van der Waals surface area contributed by atoms with Crippen LogP contribution < -0.4 is 10.6 Å². The van der Waals surface area contributed by atoms with Crippen molar-refractivity contribution in [2.75, 3.05) is 33.3 Å². The number of rotatable bonds is 4. The molecule has 120 valence electrons. The SMILES string of the molecule is CNC(=O)NC(=O)CCN1CCOC(c2cccc(Br)c2)C1. The Hall–Kier alpha value is -1.44. The molecule has 1 saturated heterocycles. The van der Waals surface area contributed by atoms with Gasteiger partial charge in [0.15, 0.2) is 0 Å². The third-order valence-corrected chi connectivity index (χ3v) is 4.00. The van der Waals surface area contributed by atoms with E-state index in [1.165, 1.54) is 7.05 Å². The Balaban J connectivity index is 1.83. The van der Waals surface area contributed by atoms with E-state index in [4.69, 9.17) is 4.74 Å². The molecule has 2 rings (SSSR count). The van der Waals surface area contributed by atoms with Crippen LogP contribution in [0.5, 0.6) is 0 Å². The minimum atomic E-state index is -0.473. The maximum absolute atomic E-state index is 11.6. The first kappa shape index (κ1) is 16.9. The van der Waals surface area contributed by atoms with Crippen LogP contribution in [0.2, 0.25) is 0 Å². The Kier molecular flexibility index (Phi) is 6.35. The molecule has 0 saturated carbocycles. The zero-order chi connectivity index (χ0) is 15.9. The van der Waals surface area contributed by atoms with E-state index < -0.39 is 6.03 Å². The van der Waals surface area contributed by atoms with Crippen LogP contribution >= 0.6 is 15.9 Å². The summed E-state index contributed by atoms with van der Waals surface area (Å²) in [6.45, 7) is 2.77. The van der Waals surface area contributed by atoms with Crippen LogP contribution in [-0.4, -0.2) is 50.1 Å². The average molecular weight is 370 g/mol. The molecule has 1 atom stereocenters. The summed E-state index contributed by atoms with van der Waals surface area (Å²) in [6.07, 6.45) is 0.298. The molecule has 1 aliphatic rings. The van der Waals surface area contributed by atoms with E-state index >= 15 is 0 Å². The molecule has 6 nitrogen and oxygen atoms in total. The maximum atomic E-state index is 11.6. The number of amides is 3. The number of hydrogen-bond donors (Lipinski definition) is 2. The molecule has 1 aliphatic heterocycles. The highest BCUT2D eigenvalue weighted by atomic mass is 79.9. The number of benzene rings is 1. The predicted molar refractivity (Wildman–Crippen MR) is 86.5 cm³/mol. The van der Waals surface area contributed by atoms with Crippen molar-refractivity contribution in [2.45, 2.75) is 12.5 Å². The van der Waals surface area contributed by atoms with Crippen LogP contribution in [-0.2, 0) is 9.53 Å². The molecule has 22 heavy (non-hydrogen) atoms. The van der Waals surface area contributed by atoms with E-state index in [2.05, 4.69) is 31.5 Å². The van der Waals surface area contributed by atoms with Crippen molar-refractivity contribution < 1.29 is 14.3 Å². The molecule has 3 amide bonds. The Labute approximate surface area is 138 Å². The monoisotopic (exact) mass is 369 g/mol. The molecule has 0 aliphatic carbocycles. The summed E-state index contributed by atoms with van der Waals surface area (Å²) in [5, 5.41) is 4.63. The van der Waals surface area contributed by atoms with Gasteiger partial charge in [0.25, 0.3) is 0 Å². The van der Waals surface area contributed by atoms with Crippen LogP contribution in [0.4, 0.5) is 4.79 Å². The number of nitrogens with zero attached hydrogens (tertiary/aromatic N) is 1. The van der Waals surface area contributed by atoms with E-state index in [1.54, 1.807) is 0 Å². The number of imide groups is 1. The number of carbonyl (C=O) groups is 2. The first-order valence-corrected chi connectivity index (χ1v) is 7.99. The Morgan fingerprint density at radius 3 is 3.00 bits per heavy atom. The summed E-state index contributed by atoms with van der Waals surface area (Å²) in [4.78, 5) is 24.9. The zero-order valence-corrected chi connectivity index (χ0v) is 14.1. The lowest BCUT2D eigenvalue weighted by atomic mass is 10.1. The molecule has 1 unspecified atom stereocenters. The van der Waals surface area contributed by atoms with Crippen molar-refractivity contribution in [1.29, 1.82) is 0 Å². The predicted octanol–water partition coefficient (Wildman–Crippen LogP) is 1.67. The largest absolute Gasteiger partial charge is 0.371 e. The number of hydrogen-bond acceptors (Lipinski definition) is 4. The topological polar surface area (TPSA) is 70.7 Å². The highest BCUT2D eigenvalue weighted by Gasteiger charge is 2.22. The highest BCUT2D eigenvalue weighted by molar-refractivity contribution is 9.10. The van der Waals surface area contributed by atoms with Gasteiger partial charge in [-0.1, -0.05) is 28.1 Å². The van der Waals surface area contributed by atoms with Gasteiger partial charge in [0.1, 0.15) is 0 Å². The normalized spacial score (nSPS) is 18.7. The number of ether oxygens (including phenoxy) is 1. The lowest BCUT2D eigenvalue weighted by Gasteiger charge is -2.33. The van der Waals surface area contributed by atoms with Gasteiger partial charge >= 0.3 is 6.03 Å². The van der Waals surface area contributed by atoms with Crippen molar-refractivity contribution in [3.8, 4) is 0 Å². The smallest absolute Gasteiger partial charge is 0.321 e. The number of nitrogens with one attached hydrogen (secondary N) is 2. The quantitative estimate of drug-likeness (QED) is 0.846. The standard InChI is InChI=1S/C15H20BrN3O3/c1-17-15(21)18-14(20)5-6-19-7-8-22-13(10-19)11-3-2-4-12(16)9-11/h2-4,9,13H,5-8,10H2,1H3,(H2,17,18,20,21). The number of carbonyl (C=O) groups excluding carboxylic acids is 2. The fraction of sp³-hybridized carbons (Fsp3) is 0.467. The molecule has 1 aromatic carbocycles. The van der Waals surface area contributed by atoms with Crippen molar-refractivity contribution >= 4 is 27.9 Å². The van der Waals surface area contributed by atoms with Crippen molar-refractivity contribution in [1.82, 2.24) is 15.5 Å². The van der Waals surface area contributed by atoms with Crippen molar-refractivity contribution in [3.63, 3.8) is 0 Å². The Morgan fingerprint density at radius 1 is 1.45 bits per heavy atom. The second-order valence-corrected chi connectivity index (χ2v) is 6.01. The van der Waals surface area contributed by atoms with Crippen LogP contribution in [0.1, 0.15) is 18.1 Å². The van der Waals surface area contributed by atoms with E-state index in [1.807, 2.05) is 24.3 Å². The van der Waals surface area contributed by atoms with Gasteiger partial charge in [-0.2, -0.15) is 0 Å². The minimum absolute atomic E-state index is 0.00764. The maximum Gasteiger partial charge on any atom is 0.321 e. The van der Waals surface area contributed by atoms with Crippen LogP contribution in [0.25, 0.3) is 0 Å². The third kappa shape index (κ3) is 5.08. The van der Waals surface area contributed by atoms with Gasteiger partial charge in [0.2, 0.25) is 5.91 Å². The molecule has 0 bridgehead atoms. The van der Waals surface area contributed by atoms with Crippen LogP contribution in [0.3, 0.4) is 0 Å². The molecule has 1 fully saturated rings. The van der Waals surface area contributed by atoms with Gasteiger partial charge < -0.3 is 10.1 Å². The Bertz CT molecular complexity index is 539. The lowest BCUT2D eigenvalue weighted by Crippen LogP contribution is -2.42. The Morgan fingerprint density at radius 2 is 2.27 bits per heavy atom. The van der Waals surface area contributed by atoms with E-state index in [0.717, 1.165) is 23.1 Å². The fourth-order valence-electron chi connectivity index (χ4n) is 2.33. The van der Waals surface area contributed by atoms with Gasteiger partial charge in [-0.25, -0.2) is 4.79 Å². The summed E-state index contributed by atoms with van der Waals surface area (Å²) >= 11 is 3.46. The molecule has 0 radical (unpaired) electrons. The molecule has 7 heteroatoms. The summed E-state index contributed by atoms with van der Waals surface area (Å²) in [6, 6.07) is 7.58. The molecule has 0 spiro atoms. The van der Waals surface area contributed by atoms with Crippen LogP contribution in [0.15, 0.2) is 28.7 Å². The van der Waals surface area contributed by atoms with Crippen molar-refractivity contribution in [3.05, 3.63) is 34.3 Å². The summed E-state index contributed by atoms with van der Waals surface area (Å²) < 4.78 is 6.83. The highest BCUT2D eigenvalue weighted by Crippen LogP contribution is 2.24. The first-order chi connectivity index (χ1) is 10.6. The number of morpholine rings is 1. The van der Waals surface area contributed by atoms with E-state index in [9.17, 15) is 9.59 Å². The molecule has 2 N–H and O–H groups in total. The lowest BCUT2D eigenvalue weighted by molar-refractivity contribution is -0.120. The second-order valence-electron chi connectivity index (χ2n) is 5.09. The number of halogens is 1. The minimum Gasteiger partial charge on any atom is -0.371 e. The van der Waals surface area contributed by atoms with Crippen LogP contribution in [0, 0.1) is 0 Å². The molecular formula is C15H20BrN3O3. The third-order valence-electron chi connectivity index (χ3n) is 3.51. The summed E-state index contributed by atoms with van der Waals surface area (Å²) in [5.41, 5.74) is 1.12. The van der Waals surface area contributed by atoms with Crippen molar-refractivity contribution in [2.24, 2.45) is 0 Å². The van der Waals surface area contributed by atoms with Gasteiger partial charge in [0.05, 0.1) is 12.7 Å².